The zero-order valence-electron chi connectivity index (χ0n) is 21.1. The van der Waals surface area contributed by atoms with Crippen LogP contribution in [-0.4, -0.2) is 12.6 Å². The van der Waals surface area contributed by atoms with E-state index in [1.807, 2.05) is 49.4 Å². The van der Waals surface area contributed by atoms with E-state index in [-0.39, 0.29) is 12.1 Å². The fourth-order valence-electron chi connectivity index (χ4n) is 4.42. The van der Waals surface area contributed by atoms with Crippen molar-refractivity contribution in [1.82, 2.24) is 0 Å². The van der Waals surface area contributed by atoms with E-state index in [2.05, 4.69) is 51.1 Å². The zero-order chi connectivity index (χ0) is 24.3. The number of hydrogen-bond acceptors (Lipinski definition) is 3. The Labute approximate surface area is 205 Å². The predicted molar refractivity (Wildman–Crippen MR) is 140 cm³/mol. The number of carbonyl (C=O) groups is 1. The van der Waals surface area contributed by atoms with Gasteiger partial charge in [0.1, 0.15) is 5.75 Å². The average molecular weight is 459 g/mol. The molecule has 0 saturated carbocycles. The molecular weight excluding hydrogens is 420 g/mol. The van der Waals surface area contributed by atoms with Crippen molar-refractivity contribution >= 4 is 5.97 Å². The molecule has 180 valence electrons. The molecule has 0 saturated heterocycles. The molecule has 3 nitrogen and oxygen atoms in total. The van der Waals surface area contributed by atoms with Gasteiger partial charge in [0.25, 0.3) is 0 Å². The van der Waals surface area contributed by atoms with E-state index in [0.29, 0.717) is 23.8 Å². The molecule has 2 atom stereocenters. The van der Waals surface area contributed by atoms with Gasteiger partial charge in [0.2, 0.25) is 0 Å². The summed E-state index contributed by atoms with van der Waals surface area (Å²) in [5.41, 5.74) is 5.03. The summed E-state index contributed by atoms with van der Waals surface area (Å²) >= 11 is 0. The Kier molecular flexibility index (Phi) is 9.90. The molecule has 0 aliphatic carbocycles. The third kappa shape index (κ3) is 6.80. The Morgan fingerprint density at radius 3 is 2.06 bits per heavy atom. The standard InChI is InChI=1S/C31H38O3/c1-5-8-12-27(11-6-2)29-13-9-10-14-30(29)34-31(32)28-21-19-26(20-22-28)25-17-15-24(16-18-25)23(4)33-7-3/h9-10,13-23,27H,5-8,11-12H2,1-4H3. The SMILES string of the molecule is CCCCC(CCC)c1ccccc1OC(=O)c1ccc(-c2ccc(C(C)OCC)cc2)cc1. The molecule has 0 spiro atoms. The fourth-order valence-corrected chi connectivity index (χ4v) is 4.42. The summed E-state index contributed by atoms with van der Waals surface area (Å²) in [5.74, 6) is 0.792. The molecule has 0 amide bonds. The Hall–Kier alpha value is -2.91. The minimum absolute atomic E-state index is 0.0815. The molecule has 2 unspecified atom stereocenters. The van der Waals surface area contributed by atoms with Crippen molar-refractivity contribution in [1.29, 1.82) is 0 Å². The van der Waals surface area contributed by atoms with Crippen molar-refractivity contribution in [2.75, 3.05) is 6.61 Å². The van der Waals surface area contributed by atoms with Crippen LogP contribution in [0.5, 0.6) is 5.75 Å². The predicted octanol–water partition coefficient (Wildman–Crippen LogP) is 8.74. The van der Waals surface area contributed by atoms with Crippen LogP contribution in [0.1, 0.15) is 93.3 Å². The quantitative estimate of drug-likeness (QED) is 0.201. The number of benzene rings is 3. The average Bonchev–Trinajstić information content (AvgIpc) is 2.87. The summed E-state index contributed by atoms with van der Waals surface area (Å²) in [6, 6.07) is 24.0. The monoisotopic (exact) mass is 458 g/mol. The van der Waals surface area contributed by atoms with Crippen LogP contribution in [0.4, 0.5) is 0 Å². The number of esters is 1. The molecule has 3 heteroatoms. The Bertz CT molecular complexity index is 1020. The van der Waals surface area contributed by atoms with Crippen LogP contribution in [0.15, 0.2) is 72.8 Å². The van der Waals surface area contributed by atoms with E-state index in [1.54, 1.807) is 0 Å². The number of carbonyl (C=O) groups excluding carboxylic acids is 1. The van der Waals surface area contributed by atoms with Crippen LogP contribution in [0.2, 0.25) is 0 Å². The van der Waals surface area contributed by atoms with E-state index in [0.717, 1.165) is 41.5 Å². The minimum Gasteiger partial charge on any atom is -0.423 e. The lowest BCUT2D eigenvalue weighted by Gasteiger charge is -2.19. The van der Waals surface area contributed by atoms with Gasteiger partial charge in [-0.25, -0.2) is 4.79 Å². The van der Waals surface area contributed by atoms with Crippen LogP contribution in [0.3, 0.4) is 0 Å². The smallest absolute Gasteiger partial charge is 0.343 e. The van der Waals surface area contributed by atoms with Gasteiger partial charge in [0.05, 0.1) is 11.7 Å². The van der Waals surface area contributed by atoms with Crippen LogP contribution in [-0.2, 0) is 4.74 Å². The molecule has 0 radical (unpaired) electrons. The van der Waals surface area contributed by atoms with Crippen LogP contribution >= 0.6 is 0 Å². The van der Waals surface area contributed by atoms with Gasteiger partial charge >= 0.3 is 5.97 Å². The number of hydrogen-bond donors (Lipinski definition) is 0. The van der Waals surface area contributed by atoms with E-state index in [9.17, 15) is 4.79 Å². The summed E-state index contributed by atoms with van der Waals surface area (Å²) in [4.78, 5) is 13.0. The lowest BCUT2D eigenvalue weighted by molar-refractivity contribution is 0.0732. The van der Waals surface area contributed by atoms with Gasteiger partial charge in [-0.05, 0) is 73.1 Å². The van der Waals surface area contributed by atoms with Crippen LogP contribution in [0, 0.1) is 0 Å². The van der Waals surface area contributed by atoms with E-state index >= 15 is 0 Å². The third-order valence-corrected chi connectivity index (χ3v) is 6.36. The zero-order valence-corrected chi connectivity index (χ0v) is 21.1. The summed E-state index contributed by atoms with van der Waals surface area (Å²) in [5, 5.41) is 0. The second-order valence-electron chi connectivity index (χ2n) is 8.85. The summed E-state index contributed by atoms with van der Waals surface area (Å²) in [6.07, 6.45) is 5.77. The van der Waals surface area contributed by atoms with E-state index in [4.69, 9.17) is 9.47 Å². The first kappa shape index (κ1) is 25.7. The highest BCUT2D eigenvalue weighted by Crippen LogP contribution is 2.34. The highest BCUT2D eigenvalue weighted by Gasteiger charge is 2.18. The van der Waals surface area contributed by atoms with Gasteiger partial charge in [-0.1, -0.05) is 87.7 Å². The Morgan fingerprint density at radius 1 is 0.794 bits per heavy atom. The van der Waals surface area contributed by atoms with Gasteiger partial charge in [-0.3, -0.25) is 0 Å². The van der Waals surface area contributed by atoms with Crippen molar-refractivity contribution in [3.8, 4) is 16.9 Å². The molecule has 3 aromatic carbocycles. The van der Waals surface area contributed by atoms with Gasteiger partial charge in [0.15, 0.2) is 0 Å². The highest BCUT2D eigenvalue weighted by atomic mass is 16.5. The molecule has 0 bridgehead atoms. The van der Waals surface area contributed by atoms with Gasteiger partial charge in [0, 0.05) is 6.61 Å². The van der Waals surface area contributed by atoms with Gasteiger partial charge in [-0.2, -0.15) is 0 Å². The second kappa shape index (κ2) is 13.1. The number of para-hydroxylation sites is 1. The number of unbranched alkanes of at least 4 members (excludes halogenated alkanes) is 1. The molecule has 3 rings (SSSR count). The van der Waals surface area contributed by atoms with Crippen molar-refractivity contribution < 1.29 is 14.3 Å². The lowest BCUT2D eigenvalue weighted by Crippen LogP contribution is -2.11. The summed E-state index contributed by atoms with van der Waals surface area (Å²) in [7, 11) is 0. The van der Waals surface area contributed by atoms with Crippen molar-refractivity contribution in [3.05, 3.63) is 89.5 Å². The molecule has 0 aliphatic heterocycles. The maximum absolute atomic E-state index is 13.0. The highest BCUT2D eigenvalue weighted by molar-refractivity contribution is 5.91. The summed E-state index contributed by atoms with van der Waals surface area (Å²) in [6.45, 7) is 9.19. The van der Waals surface area contributed by atoms with E-state index in [1.165, 1.54) is 12.8 Å². The number of ether oxygens (including phenoxy) is 2. The molecule has 34 heavy (non-hydrogen) atoms. The van der Waals surface area contributed by atoms with Crippen LogP contribution in [0.25, 0.3) is 11.1 Å². The lowest BCUT2D eigenvalue weighted by atomic mass is 9.89. The fraction of sp³-hybridized carbons (Fsp3) is 0.387. The van der Waals surface area contributed by atoms with E-state index < -0.39 is 0 Å². The van der Waals surface area contributed by atoms with Crippen molar-refractivity contribution in [2.24, 2.45) is 0 Å². The first-order valence-corrected chi connectivity index (χ1v) is 12.7. The topological polar surface area (TPSA) is 35.5 Å². The molecule has 0 heterocycles. The van der Waals surface area contributed by atoms with Gasteiger partial charge in [-0.15, -0.1) is 0 Å². The summed E-state index contributed by atoms with van der Waals surface area (Å²) < 4.78 is 11.6. The molecule has 0 fully saturated rings. The molecule has 0 aromatic heterocycles. The van der Waals surface area contributed by atoms with Crippen molar-refractivity contribution in [3.63, 3.8) is 0 Å². The minimum atomic E-state index is -0.314. The molecule has 0 N–H and O–H groups in total. The first-order chi connectivity index (χ1) is 16.6. The second-order valence-corrected chi connectivity index (χ2v) is 8.85. The Balaban J connectivity index is 1.72. The van der Waals surface area contributed by atoms with Crippen molar-refractivity contribution in [2.45, 2.75) is 71.8 Å². The normalized spacial score (nSPS) is 12.8. The Morgan fingerprint density at radius 2 is 1.44 bits per heavy atom. The van der Waals surface area contributed by atoms with Crippen LogP contribution < -0.4 is 4.74 Å². The molecule has 0 aliphatic rings. The molecule has 3 aromatic rings. The molecular formula is C31H38O3. The maximum Gasteiger partial charge on any atom is 0.343 e. The maximum atomic E-state index is 13.0. The number of rotatable bonds is 12. The largest absolute Gasteiger partial charge is 0.423 e. The van der Waals surface area contributed by atoms with Gasteiger partial charge < -0.3 is 9.47 Å². The first-order valence-electron chi connectivity index (χ1n) is 12.7. The third-order valence-electron chi connectivity index (χ3n) is 6.36.